The summed E-state index contributed by atoms with van der Waals surface area (Å²) < 4.78 is 33.6. The second kappa shape index (κ2) is 4.17. The van der Waals surface area contributed by atoms with Crippen molar-refractivity contribution in [3.8, 4) is 0 Å². The largest absolute Gasteiger partial charge is 0.377 e. The zero-order chi connectivity index (χ0) is 13.8. The number of benzene rings is 1. The van der Waals surface area contributed by atoms with E-state index in [1.165, 1.54) is 12.1 Å². The van der Waals surface area contributed by atoms with Crippen LogP contribution >= 0.6 is 0 Å². The SMILES string of the molecule is Cc1ccc(F)c(NC2C3CCOC3C2(C)C)c1F. The quantitative estimate of drug-likeness (QED) is 0.885. The number of nitrogens with one attached hydrogen (secondary N) is 1. The minimum atomic E-state index is -0.527. The summed E-state index contributed by atoms with van der Waals surface area (Å²) in [6.07, 6.45) is 1.17. The molecule has 2 nitrogen and oxygen atoms in total. The van der Waals surface area contributed by atoms with Gasteiger partial charge in [-0.2, -0.15) is 0 Å². The topological polar surface area (TPSA) is 21.3 Å². The fourth-order valence-corrected chi connectivity index (χ4v) is 3.56. The van der Waals surface area contributed by atoms with Crippen LogP contribution in [0.4, 0.5) is 14.5 Å². The van der Waals surface area contributed by atoms with Gasteiger partial charge < -0.3 is 10.1 Å². The van der Waals surface area contributed by atoms with Crippen molar-refractivity contribution in [1.29, 1.82) is 0 Å². The van der Waals surface area contributed by atoms with E-state index in [-0.39, 0.29) is 23.2 Å². The molecule has 1 aromatic rings. The van der Waals surface area contributed by atoms with Crippen molar-refractivity contribution in [2.75, 3.05) is 11.9 Å². The predicted octanol–water partition coefficient (Wildman–Crippen LogP) is 3.50. The van der Waals surface area contributed by atoms with Crippen LogP contribution in [0.15, 0.2) is 12.1 Å². The molecule has 0 bridgehead atoms. The van der Waals surface area contributed by atoms with Crippen LogP contribution in [-0.2, 0) is 4.74 Å². The highest BCUT2D eigenvalue weighted by atomic mass is 19.1. The number of ether oxygens (including phenoxy) is 1. The molecule has 3 unspecified atom stereocenters. The van der Waals surface area contributed by atoms with Crippen LogP contribution in [-0.4, -0.2) is 18.8 Å². The smallest absolute Gasteiger partial charge is 0.152 e. The van der Waals surface area contributed by atoms with E-state index < -0.39 is 11.6 Å². The summed E-state index contributed by atoms with van der Waals surface area (Å²) in [5.41, 5.74) is 0.368. The first-order valence-electron chi connectivity index (χ1n) is 6.75. The van der Waals surface area contributed by atoms with Crippen LogP contribution < -0.4 is 5.32 Å². The average Bonchev–Trinajstić information content (AvgIpc) is 2.81. The molecule has 1 saturated carbocycles. The molecule has 0 aromatic heterocycles. The van der Waals surface area contributed by atoms with Gasteiger partial charge in [-0.15, -0.1) is 0 Å². The molecule has 2 fully saturated rings. The molecule has 1 aliphatic carbocycles. The Kier molecular flexibility index (Phi) is 2.82. The highest BCUT2D eigenvalue weighted by Gasteiger charge is 2.59. The lowest BCUT2D eigenvalue weighted by Crippen LogP contribution is -2.63. The van der Waals surface area contributed by atoms with Crippen molar-refractivity contribution in [3.63, 3.8) is 0 Å². The van der Waals surface area contributed by atoms with E-state index in [0.717, 1.165) is 13.0 Å². The van der Waals surface area contributed by atoms with Crippen molar-refractivity contribution in [1.82, 2.24) is 0 Å². The molecule has 0 spiro atoms. The van der Waals surface area contributed by atoms with Crippen LogP contribution in [0.1, 0.15) is 25.8 Å². The highest BCUT2D eigenvalue weighted by Crippen LogP contribution is 2.53. The van der Waals surface area contributed by atoms with E-state index in [0.29, 0.717) is 11.5 Å². The molecular formula is C15H19F2NO. The Hall–Kier alpha value is -1.16. The minimum Gasteiger partial charge on any atom is -0.377 e. The number of rotatable bonds is 2. The van der Waals surface area contributed by atoms with Crippen LogP contribution in [0.2, 0.25) is 0 Å². The molecule has 3 rings (SSSR count). The zero-order valence-electron chi connectivity index (χ0n) is 11.5. The molecular weight excluding hydrogens is 248 g/mol. The molecule has 1 aliphatic heterocycles. The van der Waals surface area contributed by atoms with Crippen molar-refractivity contribution < 1.29 is 13.5 Å². The van der Waals surface area contributed by atoms with E-state index in [9.17, 15) is 8.78 Å². The van der Waals surface area contributed by atoms with Gasteiger partial charge in [-0.05, 0) is 25.0 Å². The molecule has 4 heteroatoms. The van der Waals surface area contributed by atoms with Crippen LogP contribution in [0.5, 0.6) is 0 Å². The van der Waals surface area contributed by atoms with Gasteiger partial charge in [0.1, 0.15) is 11.5 Å². The molecule has 19 heavy (non-hydrogen) atoms. The first kappa shape index (κ1) is 12.9. The van der Waals surface area contributed by atoms with Crippen LogP contribution in [0, 0.1) is 29.9 Å². The third kappa shape index (κ3) is 1.76. The molecule has 1 aromatic carbocycles. The number of hydrogen-bond donors (Lipinski definition) is 1. The third-order valence-electron chi connectivity index (χ3n) is 4.68. The molecule has 0 radical (unpaired) electrons. The van der Waals surface area contributed by atoms with Gasteiger partial charge in [-0.1, -0.05) is 19.9 Å². The normalized spacial score (nSPS) is 31.7. The summed E-state index contributed by atoms with van der Waals surface area (Å²) in [5.74, 6) is -0.659. The number of halogens is 2. The number of hydrogen-bond acceptors (Lipinski definition) is 2. The van der Waals surface area contributed by atoms with Gasteiger partial charge in [-0.25, -0.2) is 8.78 Å². The summed E-state index contributed by atoms with van der Waals surface area (Å²) >= 11 is 0. The van der Waals surface area contributed by atoms with Gasteiger partial charge in [0, 0.05) is 24.0 Å². The maximum Gasteiger partial charge on any atom is 0.152 e. The number of aryl methyl sites for hydroxylation is 1. The van der Waals surface area contributed by atoms with Gasteiger partial charge in [0.05, 0.1) is 6.10 Å². The minimum absolute atomic E-state index is 0.00317. The maximum atomic E-state index is 14.0. The molecule has 3 atom stereocenters. The van der Waals surface area contributed by atoms with E-state index in [1.807, 2.05) is 0 Å². The third-order valence-corrected chi connectivity index (χ3v) is 4.68. The van der Waals surface area contributed by atoms with Crippen molar-refractivity contribution in [3.05, 3.63) is 29.3 Å². The Morgan fingerprint density at radius 2 is 2.05 bits per heavy atom. The Morgan fingerprint density at radius 1 is 1.32 bits per heavy atom. The second-order valence-corrected chi connectivity index (χ2v) is 6.24. The predicted molar refractivity (Wildman–Crippen MR) is 70.1 cm³/mol. The maximum absolute atomic E-state index is 14.0. The van der Waals surface area contributed by atoms with Gasteiger partial charge in [0.25, 0.3) is 0 Å². The van der Waals surface area contributed by atoms with Crippen LogP contribution in [0.25, 0.3) is 0 Å². The van der Waals surface area contributed by atoms with Gasteiger partial charge in [0.2, 0.25) is 0 Å². The van der Waals surface area contributed by atoms with Crippen molar-refractivity contribution in [2.24, 2.45) is 11.3 Å². The Morgan fingerprint density at radius 3 is 2.79 bits per heavy atom. The first-order chi connectivity index (χ1) is 8.93. The molecule has 0 amide bonds. The van der Waals surface area contributed by atoms with Crippen molar-refractivity contribution in [2.45, 2.75) is 39.3 Å². The van der Waals surface area contributed by atoms with Crippen LogP contribution in [0.3, 0.4) is 0 Å². The molecule has 1 N–H and O–H groups in total. The van der Waals surface area contributed by atoms with Gasteiger partial charge >= 0.3 is 0 Å². The number of fused-ring (bicyclic) bond motifs is 1. The molecule has 1 heterocycles. The van der Waals surface area contributed by atoms with E-state index in [4.69, 9.17) is 4.74 Å². The lowest BCUT2D eigenvalue weighted by molar-refractivity contribution is -0.0924. The Labute approximate surface area is 112 Å². The van der Waals surface area contributed by atoms with E-state index in [1.54, 1.807) is 6.92 Å². The second-order valence-electron chi connectivity index (χ2n) is 6.24. The lowest BCUT2D eigenvalue weighted by atomic mass is 9.57. The summed E-state index contributed by atoms with van der Waals surface area (Å²) in [6.45, 7) is 6.56. The highest BCUT2D eigenvalue weighted by molar-refractivity contribution is 5.51. The Balaban J connectivity index is 1.88. The summed E-state index contributed by atoms with van der Waals surface area (Å²) in [7, 11) is 0. The van der Waals surface area contributed by atoms with E-state index in [2.05, 4.69) is 19.2 Å². The van der Waals surface area contributed by atoms with Gasteiger partial charge in [0.15, 0.2) is 5.82 Å². The Bertz CT molecular complexity index is 515. The number of anilines is 1. The zero-order valence-corrected chi connectivity index (χ0v) is 11.5. The fourth-order valence-electron chi connectivity index (χ4n) is 3.56. The lowest BCUT2D eigenvalue weighted by Gasteiger charge is -2.55. The molecule has 104 valence electrons. The van der Waals surface area contributed by atoms with E-state index >= 15 is 0 Å². The summed E-state index contributed by atoms with van der Waals surface area (Å²) in [6, 6.07) is 2.84. The van der Waals surface area contributed by atoms with Crippen molar-refractivity contribution >= 4 is 5.69 Å². The fraction of sp³-hybridized carbons (Fsp3) is 0.600. The monoisotopic (exact) mass is 267 g/mol. The first-order valence-corrected chi connectivity index (χ1v) is 6.75. The summed E-state index contributed by atoms with van der Waals surface area (Å²) in [4.78, 5) is 0. The molecule has 2 aliphatic rings. The average molecular weight is 267 g/mol. The molecule has 1 saturated heterocycles. The standard InChI is InChI=1S/C15H19F2NO/c1-8-4-5-10(16)12(11(8)17)18-13-9-6-7-19-14(9)15(13,2)3/h4-5,9,13-14,18H,6-7H2,1-3H3. The van der Waals surface area contributed by atoms with Gasteiger partial charge in [-0.3, -0.25) is 0 Å². The summed E-state index contributed by atoms with van der Waals surface area (Å²) in [5, 5.41) is 3.09.